The Balaban J connectivity index is 0.000000364. The smallest absolute Gasteiger partial charge is 0.352 e. The lowest BCUT2D eigenvalue weighted by Gasteiger charge is -2.20. The first-order chi connectivity index (χ1) is 20.0. The Labute approximate surface area is 239 Å². The number of nitriles is 1. The molecule has 5 rings (SSSR count). The number of nitrogens with zero attached hydrogens (tertiary/aromatic N) is 5. The zero-order valence-corrected chi connectivity index (χ0v) is 22.9. The van der Waals surface area contributed by atoms with E-state index in [-0.39, 0.29) is 37.1 Å². The minimum absolute atomic E-state index is 0.0110. The average molecular weight is 594 g/mol. The number of fused-ring (bicyclic) bond motifs is 1. The van der Waals surface area contributed by atoms with Crippen molar-refractivity contribution < 1.29 is 31.5 Å². The van der Waals surface area contributed by atoms with Crippen molar-refractivity contribution >= 4 is 17.5 Å². The fourth-order valence-electron chi connectivity index (χ4n) is 3.70. The van der Waals surface area contributed by atoms with Gasteiger partial charge < -0.3 is 10.6 Å². The van der Waals surface area contributed by atoms with Gasteiger partial charge >= 0.3 is 6.18 Å². The van der Waals surface area contributed by atoms with Crippen LogP contribution in [0.1, 0.15) is 91.4 Å². The van der Waals surface area contributed by atoms with E-state index in [1.165, 1.54) is 48.4 Å². The standard InChI is InChI=1S/C19H16F3N7O2.C6H10F2.C3H6/c20-19(21,22)3-1-17(30)25-7-12-5-16-28-14(11-29(16)27-8-12)9-26-18(31)15-10-24-4-2-13(15)6-23;7-6(8)4-2-1-3-5-6;1-2-3-1/h2,4-5,8,10-11H,1,3,7,9H2,(H,25,30)(H,26,31);1-5H2;1-3H2. The van der Waals surface area contributed by atoms with E-state index in [0.717, 1.165) is 6.42 Å². The number of carbonyl (C=O) groups is 2. The van der Waals surface area contributed by atoms with E-state index < -0.39 is 36.8 Å². The molecule has 2 N–H and O–H groups in total. The van der Waals surface area contributed by atoms with Gasteiger partial charge in [0, 0.05) is 38.2 Å². The first kappa shape index (κ1) is 32.4. The summed E-state index contributed by atoms with van der Waals surface area (Å²) >= 11 is 0. The highest BCUT2D eigenvalue weighted by Gasteiger charge is 2.30. The Bertz CT molecular complexity index is 1370. The van der Waals surface area contributed by atoms with Gasteiger partial charge in [-0.25, -0.2) is 18.3 Å². The fraction of sp³-hybridized carbons (Fsp3) is 0.500. The van der Waals surface area contributed by atoms with Crippen molar-refractivity contribution in [3.63, 3.8) is 0 Å². The molecular weight excluding hydrogens is 561 g/mol. The monoisotopic (exact) mass is 593 g/mol. The third-order valence-corrected chi connectivity index (χ3v) is 6.11. The van der Waals surface area contributed by atoms with Crippen LogP contribution in [0.25, 0.3) is 5.65 Å². The van der Waals surface area contributed by atoms with Crippen molar-refractivity contribution in [3.8, 4) is 6.07 Å². The van der Waals surface area contributed by atoms with Crippen LogP contribution in [0.2, 0.25) is 0 Å². The summed E-state index contributed by atoms with van der Waals surface area (Å²) in [6.45, 7) is 0.0858. The van der Waals surface area contributed by atoms with E-state index in [1.54, 1.807) is 12.3 Å². The van der Waals surface area contributed by atoms with Gasteiger partial charge in [-0.1, -0.05) is 25.7 Å². The summed E-state index contributed by atoms with van der Waals surface area (Å²) in [4.78, 5) is 32.0. The van der Waals surface area contributed by atoms with Crippen LogP contribution in [-0.4, -0.2) is 43.5 Å². The number of hydrogen-bond acceptors (Lipinski definition) is 6. The van der Waals surface area contributed by atoms with Gasteiger partial charge in [-0.2, -0.15) is 23.5 Å². The highest BCUT2D eigenvalue weighted by molar-refractivity contribution is 5.96. The average Bonchev–Trinajstić information content (AvgIpc) is 3.79. The third-order valence-electron chi connectivity index (χ3n) is 6.11. The molecule has 2 fully saturated rings. The molecule has 3 aromatic rings. The van der Waals surface area contributed by atoms with Gasteiger partial charge in [0.15, 0.2) is 5.65 Å². The summed E-state index contributed by atoms with van der Waals surface area (Å²) in [6, 6.07) is 4.98. The molecule has 2 aliphatic carbocycles. The minimum atomic E-state index is -4.38. The quantitative estimate of drug-likeness (QED) is 0.342. The number of alkyl halides is 5. The van der Waals surface area contributed by atoms with Gasteiger partial charge in [0.1, 0.15) is 6.07 Å². The second-order valence-electron chi connectivity index (χ2n) is 9.98. The number of hydrogen-bond donors (Lipinski definition) is 2. The number of halogens is 5. The molecule has 42 heavy (non-hydrogen) atoms. The van der Waals surface area contributed by atoms with Crippen LogP contribution in [0.3, 0.4) is 0 Å². The highest BCUT2D eigenvalue weighted by atomic mass is 19.4. The third kappa shape index (κ3) is 11.8. The molecule has 14 heteroatoms. The van der Waals surface area contributed by atoms with E-state index in [9.17, 15) is 31.5 Å². The van der Waals surface area contributed by atoms with Gasteiger partial charge in [-0.3, -0.25) is 14.6 Å². The fourth-order valence-corrected chi connectivity index (χ4v) is 3.70. The van der Waals surface area contributed by atoms with E-state index in [1.807, 2.05) is 6.07 Å². The van der Waals surface area contributed by atoms with Crippen LogP contribution >= 0.6 is 0 Å². The van der Waals surface area contributed by atoms with Gasteiger partial charge in [0.2, 0.25) is 11.8 Å². The molecule has 0 spiro atoms. The molecule has 3 aromatic heterocycles. The Morgan fingerprint density at radius 2 is 1.71 bits per heavy atom. The SMILES string of the molecule is C1CC1.FC1(F)CCCCC1.N#Cc1ccncc1C(=O)NCc1cn2ncc(CNC(=O)CCC(F)(F)F)cc2n1. The zero-order chi connectivity index (χ0) is 30.6. The number of amides is 2. The Morgan fingerprint density at radius 1 is 1.02 bits per heavy atom. The zero-order valence-electron chi connectivity index (χ0n) is 22.9. The number of carbonyl (C=O) groups excluding carboxylic acids is 2. The van der Waals surface area contributed by atoms with Crippen LogP contribution in [0.15, 0.2) is 36.9 Å². The Morgan fingerprint density at radius 3 is 2.31 bits per heavy atom. The molecule has 2 saturated carbocycles. The summed E-state index contributed by atoms with van der Waals surface area (Å²) in [5.74, 6) is -3.51. The summed E-state index contributed by atoms with van der Waals surface area (Å²) in [5.41, 5.74) is 1.84. The van der Waals surface area contributed by atoms with Crippen molar-refractivity contribution in [2.75, 3.05) is 0 Å². The summed E-state index contributed by atoms with van der Waals surface area (Å²) in [6.07, 6.45) is 6.72. The van der Waals surface area contributed by atoms with Crippen molar-refractivity contribution in [1.82, 2.24) is 30.2 Å². The molecule has 0 radical (unpaired) electrons. The van der Waals surface area contributed by atoms with Crippen LogP contribution in [0, 0.1) is 11.3 Å². The largest absolute Gasteiger partial charge is 0.389 e. The molecule has 0 saturated heterocycles. The molecule has 2 amide bonds. The molecule has 0 aromatic carbocycles. The normalized spacial score (nSPS) is 15.2. The molecule has 3 heterocycles. The first-order valence-corrected chi connectivity index (χ1v) is 13.6. The van der Waals surface area contributed by atoms with Crippen LogP contribution in [-0.2, 0) is 17.9 Å². The van der Waals surface area contributed by atoms with E-state index in [0.29, 0.717) is 29.7 Å². The highest BCUT2D eigenvalue weighted by Crippen LogP contribution is 2.32. The maximum absolute atomic E-state index is 12.3. The molecule has 9 nitrogen and oxygen atoms in total. The van der Waals surface area contributed by atoms with E-state index in [4.69, 9.17) is 5.26 Å². The Kier molecular flexibility index (Phi) is 11.7. The van der Waals surface area contributed by atoms with Crippen molar-refractivity contribution in [1.29, 1.82) is 5.26 Å². The summed E-state index contributed by atoms with van der Waals surface area (Å²) < 4.78 is 62.3. The lowest BCUT2D eigenvalue weighted by molar-refractivity contribution is -0.144. The number of aromatic nitrogens is 4. The van der Waals surface area contributed by atoms with E-state index >= 15 is 0 Å². The molecule has 226 valence electrons. The molecule has 0 bridgehead atoms. The van der Waals surface area contributed by atoms with Gasteiger partial charge in [0.25, 0.3) is 5.91 Å². The number of pyridine rings is 1. The molecule has 0 aliphatic heterocycles. The second kappa shape index (κ2) is 15.2. The predicted molar refractivity (Wildman–Crippen MR) is 142 cm³/mol. The number of imidazole rings is 1. The van der Waals surface area contributed by atoms with Crippen molar-refractivity contribution in [2.45, 2.75) is 89.4 Å². The van der Waals surface area contributed by atoms with Gasteiger partial charge in [-0.15, -0.1) is 0 Å². The maximum Gasteiger partial charge on any atom is 0.389 e. The maximum atomic E-state index is 12.3. The van der Waals surface area contributed by atoms with Crippen molar-refractivity contribution in [2.24, 2.45) is 0 Å². The Hall–Kier alpha value is -4.15. The minimum Gasteiger partial charge on any atom is -0.352 e. The van der Waals surface area contributed by atoms with E-state index in [2.05, 4.69) is 25.7 Å². The summed E-state index contributed by atoms with van der Waals surface area (Å²) in [5, 5.41) is 18.3. The van der Waals surface area contributed by atoms with Crippen molar-refractivity contribution in [3.05, 3.63) is 59.3 Å². The topological polar surface area (TPSA) is 125 Å². The molecule has 0 atom stereocenters. The van der Waals surface area contributed by atoms with Crippen LogP contribution in [0.5, 0.6) is 0 Å². The predicted octanol–water partition coefficient (Wildman–Crippen LogP) is 5.64. The second-order valence-corrected chi connectivity index (χ2v) is 9.98. The van der Waals surface area contributed by atoms with Gasteiger partial charge in [-0.05, 0) is 30.5 Å². The summed E-state index contributed by atoms with van der Waals surface area (Å²) in [7, 11) is 0. The molecular formula is C28H32F5N7O2. The lowest BCUT2D eigenvalue weighted by atomic mass is 9.97. The molecule has 0 unspecified atom stereocenters. The molecule has 2 aliphatic rings. The van der Waals surface area contributed by atoms with Gasteiger partial charge in [0.05, 0.1) is 42.2 Å². The number of rotatable bonds is 7. The van der Waals surface area contributed by atoms with Crippen LogP contribution < -0.4 is 10.6 Å². The first-order valence-electron chi connectivity index (χ1n) is 13.6. The number of nitrogens with one attached hydrogen (secondary N) is 2. The van der Waals surface area contributed by atoms with Crippen LogP contribution in [0.4, 0.5) is 22.0 Å². The lowest BCUT2D eigenvalue weighted by Crippen LogP contribution is -2.24.